The number of fused-ring (bicyclic) bond motifs is 2. The van der Waals surface area contributed by atoms with E-state index in [2.05, 4.69) is 5.32 Å². The zero-order chi connectivity index (χ0) is 25.3. The molecule has 2 heterocycles. The van der Waals surface area contributed by atoms with Crippen molar-refractivity contribution in [2.45, 2.75) is 36.8 Å². The molecule has 0 saturated heterocycles. The van der Waals surface area contributed by atoms with Crippen LogP contribution >= 0.6 is 0 Å². The molecule has 1 atom stereocenters. The first-order chi connectivity index (χ1) is 17.2. The van der Waals surface area contributed by atoms with Crippen molar-refractivity contribution in [2.24, 2.45) is 0 Å². The highest BCUT2D eigenvalue weighted by Crippen LogP contribution is 2.39. The molecule has 2 aliphatic heterocycles. The molecular weight excluding hydrogens is 480 g/mol. The third-order valence-electron chi connectivity index (χ3n) is 6.14. The summed E-state index contributed by atoms with van der Waals surface area (Å²) in [5.74, 6) is 1.25. The van der Waals surface area contributed by atoms with Gasteiger partial charge < -0.3 is 19.5 Å². The number of ether oxygens (including phenoxy) is 3. The average Bonchev–Trinajstić information content (AvgIpc) is 2.87. The quantitative estimate of drug-likeness (QED) is 0.540. The number of nitrogens with one attached hydrogen (secondary N) is 1. The lowest BCUT2D eigenvalue weighted by molar-refractivity contribution is -0.120. The van der Waals surface area contributed by atoms with Crippen molar-refractivity contribution in [1.29, 1.82) is 0 Å². The van der Waals surface area contributed by atoms with E-state index < -0.39 is 28.1 Å². The van der Waals surface area contributed by atoms with E-state index >= 15 is 0 Å². The van der Waals surface area contributed by atoms with Crippen LogP contribution in [0.3, 0.4) is 0 Å². The van der Waals surface area contributed by atoms with E-state index in [1.165, 1.54) is 12.1 Å². The molecule has 0 fully saturated rings. The first kappa shape index (κ1) is 24.0. The van der Waals surface area contributed by atoms with Gasteiger partial charge in [0.2, 0.25) is 5.91 Å². The molecule has 9 heteroatoms. The summed E-state index contributed by atoms with van der Waals surface area (Å²) in [7, 11) is -4.05. The summed E-state index contributed by atoms with van der Waals surface area (Å²) in [5, 5.41) is 3.04. The number of carbonyl (C=O) groups excluding carboxylic acids is 1. The van der Waals surface area contributed by atoms with Crippen molar-refractivity contribution < 1.29 is 27.4 Å². The SMILES string of the molecule is CC1(C)CC(NC(=O)CN(c2ccc3c(c2)OCCO3)S(=O)(=O)c2ccccc2)c2ccccc2O1. The van der Waals surface area contributed by atoms with E-state index in [1.807, 2.05) is 38.1 Å². The van der Waals surface area contributed by atoms with Gasteiger partial charge in [0.15, 0.2) is 11.5 Å². The molecule has 188 valence electrons. The molecule has 0 bridgehead atoms. The summed E-state index contributed by atoms with van der Waals surface area (Å²) in [6.45, 7) is 4.30. The Bertz CT molecular complexity index is 1370. The normalized spacial score (nSPS) is 17.9. The monoisotopic (exact) mass is 508 g/mol. The van der Waals surface area contributed by atoms with Crippen molar-refractivity contribution in [1.82, 2.24) is 5.32 Å². The van der Waals surface area contributed by atoms with E-state index in [-0.39, 0.29) is 10.9 Å². The van der Waals surface area contributed by atoms with Gasteiger partial charge in [-0.2, -0.15) is 0 Å². The van der Waals surface area contributed by atoms with Gasteiger partial charge in [0, 0.05) is 18.1 Å². The molecule has 0 aromatic heterocycles. The summed E-state index contributed by atoms with van der Waals surface area (Å²) >= 11 is 0. The largest absolute Gasteiger partial charge is 0.487 e. The number of amides is 1. The molecule has 0 aliphatic carbocycles. The fraction of sp³-hybridized carbons (Fsp3) is 0.296. The highest BCUT2D eigenvalue weighted by Gasteiger charge is 2.35. The van der Waals surface area contributed by atoms with E-state index in [0.29, 0.717) is 42.6 Å². The maximum Gasteiger partial charge on any atom is 0.264 e. The highest BCUT2D eigenvalue weighted by atomic mass is 32.2. The van der Waals surface area contributed by atoms with Crippen LogP contribution in [0.25, 0.3) is 0 Å². The molecular formula is C27H28N2O6S. The van der Waals surface area contributed by atoms with Crippen molar-refractivity contribution in [3.05, 3.63) is 78.4 Å². The van der Waals surface area contributed by atoms with Crippen LogP contribution in [0.4, 0.5) is 5.69 Å². The molecule has 0 radical (unpaired) electrons. The van der Waals surface area contributed by atoms with Gasteiger partial charge in [-0.3, -0.25) is 9.10 Å². The predicted octanol–water partition coefficient (Wildman–Crippen LogP) is 4.07. The highest BCUT2D eigenvalue weighted by molar-refractivity contribution is 7.92. The minimum absolute atomic E-state index is 0.0882. The van der Waals surface area contributed by atoms with Crippen LogP contribution in [0.2, 0.25) is 0 Å². The molecule has 1 N–H and O–H groups in total. The molecule has 1 amide bonds. The summed E-state index contributed by atoms with van der Waals surface area (Å²) in [6, 6.07) is 20.2. The van der Waals surface area contributed by atoms with Crippen LogP contribution in [-0.2, 0) is 14.8 Å². The molecule has 3 aromatic rings. The Morgan fingerprint density at radius 2 is 1.64 bits per heavy atom. The Balaban J connectivity index is 1.46. The van der Waals surface area contributed by atoms with Crippen molar-refractivity contribution in [3.63, 3.8) is 0 Å². The lowest BCUT2D eigenvalue weighted by Crippen LogP contribution is -2.45. The minimum atomic E-state index is -4.05. The lowest BCUT2D eigenvalue weighted by atomic mass is 9.89. The summed E-state index contributed by atoms with van der Waals surface area (Å²) < 4.78 is 45.8. The first-order valence-electron chi connectivity index (χ1n) is 11.8. The van der Waals surface area contributed by atoms with Gasteiger partial charge in [0.1, 0.15) is 31.1 Å². The number of rotatable bonds is 6. The van der Waals surface area contributed by atoms with Crippen LogP contribution in [0, 0.1) is 0 Å². The lowest BCUT2D eigenvalue weighted by Gasteiger charge is -2.38. The number of carbonyl (C=O) groups is 1. The number of hydrogen-bond acceptors (Lipinski definition) is 6. The van der Waals surface area contributed by atoms with E-state index in [9.17, 15) is 13.2 Å². The second kappa shape index (κ2) is 9.39. The summed E-state index contributed by atoms with van der Waals surface area (Å²) in [5.41, 5.74) is 0.686. The van der Waals surface area contributed by atoms with Crippen LogP contribution in [0.1, 0.15) is 31.9 Å². The van der Waals surface area contributed by atoms with Gasteiger partial charge in [0.05, 0.1) is 16.6 Å². The molecule has 1 unspecified atom stereocenters. The number of hydrogen-bond donors (Lipinski definition) is 1. The molecule has 5 rings (SSSR count). The summed E-state index contributed by atoms with van der Waals surface area (Å²) in [6.07, 6.45) is 0.547. The van der Waals surface area contributed by atoms with Gasteiger partial charge in [0.25, 0.3) is 10.0 Å². The van der Waals surface area contributed by atoms with Crippen LogP contribution in [-0.4, -0.2) is 39.7 Å². The molecule has 0 spiro atoms. The smallest absolute Gasteiger partial charge is 0.264 e. The average molecular weight is 509 g/mol. The first-order valence-corrected chi connectivity index (χ1v) is 13.2. The maximum absolute atomic E-state index is 13.7. The van der Waals surface area contributed by atoms with Crippen molar-refractivity contribution in [2.75, 3.05) is 24.1 Å². The summed E-state index contributed by atoms with van der Waals surface area (Å²) in [4.78, 5) is 13.5. The van der Waals surface area contributed by atoms with Crippen LogP contribution < -0.4 is 23.8 Å². The van der Waals surface area contributed by atoms with Crippen molar-refractivity contribution in [3.8, 4) is 17.2 Å². The molecule has 36 heavy (non-hydrogen) atoms. The number of para-hydroxylation sites is 1. The van der Waals surface area contributed by atoms with Crippen LogP contribution in [0.15, 0.2) is 77.7 Å². The minimum Gasteiger partial charge on any atom is -0.487 e. The standard InChI is InChI=1S/C27H28N2O6S/c1-27(2)17-22(21-10-6-7-11-23(21)35-27)28-26(30)18-29(36(31,32)20-8-4-3-5-9-20)19-12-13-24-25(16-19)34-15-14-33-24/h3-13,16,22H,14-15,17-18H2,1-2H3,(H,28,30). The number of sulfonamides is 1. The third-order valence-corrected chi connectivity index (χ3v) is 7.93. The molecule has 3 aromatic carbocycles. The Labute approximate surface area is 210 Å². The second-order valence-corrected chi connectivity index (χ2v) is 11.2. The number of benzene rings is 3. The second-order valence-electron chi connectivity index (χ2n) is 9.38. The Morgan fingerprint density at radius 1 is 0.944 bits per heavy atom. The zero-order valence-electron chi connectivity index (χ0n) is 20.1. The van der Waals surface area contributed by atoms with E-state index in [0.717, 1.165) is 9.87 Å². The third kappa shape index (κ3) is 4.83. The molecule has 0 saturated carbocycles. The van der Waals surface area contributed by atoms with Gasteiger partial charge in [-0.05, 0) is 44.2 Å². The van der Waals surface area contributed by atoms with E-state index in [1.54, 1.807) is 36.4 Å². The van der Waals surface area contributed by atoms with Gasteiger partial charge in [-0.15, -0.1) is 0 Å². The molecule has 8 nitrogen and oxygen atoms in total. The fourth-order valence-corrected chi connectivity index (χ4v) is 5.96. The predicted molar refractivity (Wildman–Crippen MR) is 135 cm³/mol. The van der Waals surface area contributed by atoms with Gasteiger partial charge in [-0.1, -0.05) is 36.4 Å². The topological polar surface area (TPSA) is 94.2 Å². The Hall–Kier alpha value is -3.72. The Kier molecular flexibility index (Phi) is 6.26. The van der Waals surface area contributed by atoms with E-state index in [4.69, 9.17) is 14.2 Å². The zero-order valence-corrected chi connectivity index (χ0v) is 21.0. The Morgan fingerprint density at radius 3 is 2.42 bits per heavy atom. The van der Waals surface area contributed by atoms with Gasteiger partial charge >= 0.3 is 0 Å². The number of nitrogens with zero attached hydrogens (tertiary/aromatic N) is 1. The fourth-order valence-electron chi connectivity index (χ4n) is 4.52. The van der Waals surface area contributed by atoms with Gasteiger partial charge in [-0.25, -0.2) is 8.42 Å². The van der Waals surface area contributed by atoms with Crippen molar-refractivity contribution >= 4 is 21.6 Å². The molecule has 2 aliphatic rings. The maximum atomic E-state index is 13.7. The van der Waals surface area contributed by atoms with Crippen LogP contribution in [0.5, 0.6) is 17.2 Å². The number of anilines is 1.